The molecule has 1 saturated heterocycles. The summed E-state index contributed by atoms with van der Waals surface area (Å²) >= 11 is 5.13. The number of aryl methyl sites for hydroxylation is 2. The lowest BCUT2D eigenvalue weighted by molar-refractivity contribution is -0.0721. The lowest BCUT2D eigenvalue weighted by atomic mass is 10.0. The number of hydrogen-bond donors (Lipinski definition) is 1. The van der Waals surface area contributed by atoms with Crippen LogP contribution < -0.4 is 10.5 Å². The third-order valence-electron chi connectivity index (χ3n) is 3.49. The highest BCUT2D eigenvalue weighted by Crippen LogP contribution is 2.28. The Morgan fingerprint density at radius 2 is 1.95 bits per heavy atom. The van der Waals surface area contributed by atoms with Gasteiger partial charge in [0, 0.05) is 24.6 Å². The SMILES string of the molecule is Cc1cc(OC2CC(C)OC(C)C2)c(C(N)=S)c(C)n1. The molecule has 0 amide bonds. The molecule has 0 spiro atoms. The Balaban J connectivity index is 2.26. The van der Waals surface area contributed by atoms with E-state index in [4.69, 9.17) is 27.4 Å². The molecular weight excluding hydrogens is 272 g/mol. The standard InChI is InChI=1S/C15H22N2O2S/c1-8-5-13(14(15(16)20)11(4)17-8)19-12-6-9(2)18-10(3)7-12/h5,9-10,12H,6-7H2,1-4H3,(H2,16,20). The molecule has 4 nitrogen and oxygen atoms in total. The quantitative estimate of drug-likeness (QED) is 0.869. The Morgan fingerprint density at radius 1 is 1.35 bits per heavy atom. The van der Waals surface area contributed by atoms with Crippen LogP contribution in [0.5, 0.6) is 5.75 Å². The molecule has 110 valence electrons. The second kappa shape index (κ2) is 6.06. The van der Waals surface area contributed by atoms with E-state index in [1.165, 1.54) is 0 Å². The average molecular weight is 294 g/mol. The summed E-state index contributed by atoms with van der Waals surface area (Å²) in [7, 11) is 0. The fraction of sp³-hybridized carbons (Fsp3) is 0.600. The first kappa shape index (κ1) is 15.2. The second-order valence-corrected chi connectivity index (χ2v) is 5.99. The van der Waals surface area contributed by atoms with Gasteiger partial charge in [-0.2, -0.15) is 0 Å². The van der Waals surface area contributed by atoms with Gasteiger partial charge < -0.3 is 15.2 Å². The van der Waals surface area contributed by atoms with Gasteiger partial charge in [-0.15, -0.1) is 0 Å². The van der Waals surface area contributed by atoms with E-state index in [1.54, 1.807) is 0 Å². The summed E-state index contributed by atoms with van der Waals surface area (Å²) in [6.45, 7) is 8.00. The van der Waals surface area contributed by atoms with Crippen LogP contribution in [0.15, 0.2) is 6.07 Å². The number of ether oxygens (including phenoxy) is 2. The maximum Gasteiger partial charge on any atom is 0.133 e. The zero-order valence-electron chi connectivity index (χ0n) is 12.5. The van der Waals surface area contributed by atoms with E-state index in [1.807, 2.05) is 19.9 Å². The molecule has 1 aliphatic rings. The number of rotatable bonds is 3. The van der Waals surface area contributed by atoms with Gasteiger partial charge >= 0.3 is 0 Å². The number of nitrogens with zero attached hydrogens (tertiary/aromatic N) is 1. The van der Waals surface area contributed by atoms with Crippen LogP contribution in [-0.4, -0.2) is 28.3 Å². The van der Waals surface area contributed by atoms with Gasteiger partial charge in [0.1, 0.15) is 16.8 Å². The highest BCUT2D eigenvalue weighted by Gasteiger charge is 2.27. The van der Waals surface area contributed by atoms with Crippen molar-refractivity contribution in [3.8, 4) is 5.75 Å². The summed E-state index contributed by atoms with van der Waals surface area (Å²) in [6.07, 6.45) is 2.30. The van der Waals surface area contributed by atoms with Gasteiger partial charge in [-0.1, -0.05) is 12.2 Å². The van der Waals surface area contributed by atoms with E-state index >= 15 is 0 Å². The summed E-state index contributed by atoms with van der Waals surface area (Å²) < 4.78 is 11.9. The smallest absolute Gasteiger partial charge is 0.133 e. The van der Waals surface area contributed by atoms with Gasteiger partial charge in [-0.3, -0.25) is 4.98 Å². The first-order valence-electron chi connectivity index (χ1n) is 6.97. The highest BCUT2D eigenvalue weighted by atomic mass is 32.1. The predicted molar refractivity (Wildman–Crippen MR) is 83.3 cm³/mol. The molecule has 0 radical (unpaired) electrons. The minimum Gasteiger partial charge on any atom is -0.489 e. The van der Waals surface area contributed by atoms with E-state index in [0.717, 1.165) is 35.5 Å². The first-order valence-corrected chi connectivity index (χ1v) is 7.37. The molecule has 0 aliphatic carbocycles. The summed E-state index contributed by atoms with van der Waals surface area (Å²) in [6, 6.07) is 1.91. The van der Waals surface area contributed by atoms with Crippen molar-refractivity contribution >= 4 is 17.2 Å². The lowest BCUT2D eigenvalue weighted by Crippen LogP contribution is -2.36. The van der Waals surface area contributed by atoms with E-state index < -0.39 is 0 Å². The van der Waals surface area contributed by atoms with Crippen LogP contribution in [0.1, 0.15) is 43.6 Å². The Hall–Kier alpha value is -1.20. The zero-order valence-corrected chi connectivity index (χ0v) is 13.3. The van der Waals surface area contributed by atoms with Crippen molar-refractivity contribution in [1.82, 2.24) is 4.98 Å². The Kier molecular flexibility index (Phi) is 4.60. The number of thiocarbonyl (C=S) groups is 1. The number of pyridine rings is 1. The minimum atomic E-state index is 0.128. The van der Waals surface area contributed by atoms with Crippen LogP contribution in [-0.2, 0) is 4.74 Å². The summed E-state index contributed by atoms with van der Waals surface area (Å²) in [5, 5.41) is 0. The molecule has 2 rings (SSSR count). The van der Waals surface area contributed by atoms with Gasteiger partial charge in [0.15, 0.2) is 0 Å². The highest BCUT2D eigenvalue weighted by molar-refractivity contribution is 7.80. The van der Waals surface area contributed by atoms with Crippen LogP contribution in [0, 0.1) is 13.8 Å². The van der Waals surface area contributed by atoms with Crippen LogP contribution in [0.3, 0.4) is 0 Å². The lowest BCUT2D eigenvalue weighted by Gasteiger charge is -2.32. The van der Waals surface area contributed by atoms with Crippen molar-refractivity contribution in [2.24, 2.45) is 5.73 Å². The zero-order chi connectivity index (χ0) is 14.9. The van der Waals surface area contributed by atoms with Crippen molar-refractivity contribution < 1.29 is 9.47 Å². The van der Waals surface area contributed by atoms with Crippen molar-refractivity contribution in [3.05, 3.63) is 23.0 Å². The van der Waals surface area contributed by atoms with Crippen molar-refractivity contribution in [2.75, 3.05) is 0 Å². The molecule has 0 bridgehead atoms. The van der Waals surface area contributed by atoms with Gasteiger partial charge in [0.25, 0.3) is 0 Å². The fourth-order valence-electron chi connectivity index (χ4n) is 2.81. The summed E-state index contributed by atoms with van der Waals surface area (Å²) in [4.78, 5) is 4.74. The van der Waals surface area contributed by atoms with E-state index in [-0.39, 0.29) is 18.3 Å². The Labute approximate surface area is 125 Å². The van der Waals surface area contributed by atoms with Crippen molar-refractivity contribution in [1.29, 1.82) is 0 Å². The monoisotopic (exact) mass is 294 g/mol. The van der Waals surface area contributed by atoms with Crippen LogP contribution in [0.25, 0.3) is 0 Å². The molecule has 2 N–H and O–H groups in total. The third-order valence-corrected chi connectivity index (χ3v) is 3.69. The number of hydrogen-bond acceptors (Lipinski definition) is 4. The topological polar surface area (TPSA) is 57.4 Å². The number of nitrogens with two attached hydrogens (primary N) is 1. The molecule has 1 aromatic heterocycles. The number of aromatic nitrogens is 1. The molecule has 20 heavy (non-hydrogen) atoms. The van der Waals surface area contributed by atoms with Gasteiger partial charge in [-0.05, 0) is 27.7 Å². The summed E-state index contributed by atoms with van der Waals surface area (Å²) in [5.74, 6) is 0.744. The maximum atomic E-state index is 6.16. The molecule has 0 aromatic carbocycles. The Morgan fingerprint density at radius 3 is 2.50 bits per heavy atom. The van der Waals surface area contributed by atoms with Crippen LogP contribution in [0.2, 0.25) is 0 Å². The van der Waals surface area contributed by atoms with E-state index in [9.17, 15) is 0 Å². The molecule has 5 heteroatoms. The average Bonchev–Trinajstić information content (AvgIpc) is 2.25. The van der Waals surface area contributed by atoms with Crippen LogP contribution in [0.4, 0.5) is 0 Å². The van der Waals surface area contributed by atoms with E-state index in [2.05, 4.69) is 18.8 Å². The molecule has 2 unspecified atom stereocenters. The second-order valence-electron chi connectivity index (χ2n) is 5.56. The minimum absolute atomic E-state index is 0.128. The molecule has 2 heterocycles. The van der Waals surface area contributed by atoms with Gasteiger partial charge in [0.05, 0.1) is 23.5 Å². The van der Waals surface area contributed by atoms with Crippen LogP contribution >= 0.6 is 12.2 Å². The van der Waals surface area contributed by atoms with Gasteiger partial charge in [0.2, 0.25) is 0 Å². The fourth-order valence-corrected chi connectivity index (χ4v) is 3.05. The molecule has 1 aromatic rings. The van der Waals surface area contributed by atoms with Crippen molar-refractivity contribution in [2.45, 2.75) is 58.8 Å². The van der Waals surface area contributed by atoms with E-state index in [0.29, 0.717) is 4.99 Å². The predicted octanol–water partition coefficient (Wildman–Crippen LogP) is 2.67. The first-order chi connectivity index (χ1) is 9.36. The molecule has 0 saturated carbocycles. The Bertz CT molecular complexity index is 509. The molecular formula is C15H22N2O2S. The third kappa shape index (κ3) is 3.46. The molecule has 2 atom stereocenters. The summed E-state index contributed by atoms with van der Waals surface area (Å²) in [5.41, 5.74) is 8.29. The van der Waals surface area contributed by atoms with Crippen molar-refractivity contribution in [3.63, 3.8) is 0 Å². The largest absolute Gasteiger partial charge is 0.489 e. The normalized spacial score (nSPS) is 26.3. The molecule has 1 aliphatic heterocycles. The maximum absolute atomic E-state index is 6.16. The molecule has 1 fully saturated rings. The van der Waals surface area contributed by atoms with Gasteiger partial charge in [-0.25, -0.2) is 0 Å².